The van der Waals surface area contributed by atoms with Gasteiger partial charge in [-0.15, -0.1) is 24.8 Å². The number of ketones is 1. The molecule has 0 amide bonds. The van der Waals surface area contributed by atoms with Gasteiger partial charge in [0.2, 0.25) is 0 Å². The van der Waals surface area contributed by atoms with Gasteiger partial charge in [0.15, 0.2) is 5.78 Å². The molecule has 1 fully saturated rings. The molecule has 0 atom stereocenters. The summed E-state index contributed by atoms with van der Waals surface area (Å²) in [5.74, 6) is -0.197. The Kier molecular flexibility index (Phi) is 9.76. The lowest BCUT2D eigenvalue weighted by atomic mass is 10.1. The first-order valence-corrected chi connectivity index (χ1v) is 6.47. The smallest absolute Gasteiger partial charge is 0.162 e. The highest BCUT2D eigenvalue weighted by molar-refractivity contribution is 5.95. The Morgan fingerprint density at radius 2 is 1.75 bits per heavy atom. The molecular formula is C14H21Cl2FN2O. The molecule has 20 heavy (non-hydrogen) atoms. The van der Waals surface area contributed by atoms with Crippen molar-refractivity contribution in [2.24, 2.45) is 0 Å². The fourth-order valence-corrected chi connectivity index (χ4v) is 2.18. The lowest BCUT2D eigenvalue weighted by Gasteiger charge is -2.26. The van der Waals surface area contributed by atoms with Crippen LogP contribution in [0.2, 0.25) is 0 Å². The van der Waals surface area contributed by atoms with Crippen molar-refractivity contribution in [3.63, 3.8) is 0 Å². The third-order valence-electron chi connectivity index (χ3n) is 3.25. The average Bonchev–Trinajstić information content (AvgIpc) is 2.40. The first-order chi connectivity index (χ1) is 8.75. The standard InChI is InChI=1S/C14H19FN2O.2ClH/c15-13-5-3-12(4-6-13)14(18)2-1-9-17-10-7-16-8-11-17;;/h3-6,16H,1-2,7-11H2;2*1H. The minimum atomic E-state index is -0.299. The maximum Gasteiger partial charge on any atom is 0.162 e. The van der Waals surface area contributed by atoms with Crippen molar-refractivity contribution in [3.05, 3.63) is 35.6 Å². The molecule has 0 radical (unpaired) electrons. The third-order valence-corrected chi connectivity index (χ3v) is 3.25. The number of benzene rings is 1. The Morgan fingerprint density at radius 1 is 1.15 bits per heavy atom. The molecule has 0 aliphatic carbocycles. The van der Waals surface area contributed by atoms with E-state index >= 15 is 0 Å². The number of hydrogen-bond donors (Lipinski definition) is 1. The lowest BCUT2D eigenvalue weighted by molar-refractivity contribution is 0.0973. The van der Waals surface area contributed by atoms with Crippen LogP contribution in [0.25, 0.3) is 0 Å². The normalized spacial score (nSPS) is 15.1. The second-order valence-corrected chi connectivity index (χ2v) is 4.63. The van der Waals surface area contributed by atoms with E-state index in [9.17, 15) is 9.18 Å². The molecule has 1 heterocycles. The molecule has 1 aliphatic heterocycles. The Labute approximate surface area is 131 Å². The van der Waals surface area contributed by atoms with Gasteiger partial charge in [0.25, 0.3) is 0 Å². The van der Waals surface area contributed by atoms with Crippen molar-refractivity contribution < 1.29 is 9.18 Å². The van der Waals surface area contributed by atoms with Crippen LogP contribution in [-0.4, -0.2) is 43.4 Å². The minimum absolute atomic E-state index is 0. The predicted molar refractivity (Wildman–Crippen MR) is 83.8 cm³/mol. The second kappa shape index (κ2) is 10.1. The molecule has 114 valence electrons. The van der Waals surface area contributed by atoms with Crippen molar-refractivity contribution in [1.82, 2.24) is 10.2 Å². The van der Waals surface area contributed by atoms with E-state index in [-0.39, 0.29) is 36.4 Å². The van der Waals surface area contributed by atoms with Gasteiger partial charge in [-0.1, -0.05) is 0 Å². The summed E-state index contributed by atoms with van der Waals surface area (Å²) in [7, 11) is 0. The van der Waals surface area contributed by atoms with Gasteiger partial charge in [0.05, 0.1) is 0 Å². The van der Waals surface area contributed by atoms with Crippen LogP contribution in [0.1, 0.15) is 23.2 Å². The van der Waals surface area contributed by atoms with Crippen LogP contribution in [0.3, 0.4) is 0 Å². The molecule has 1 aromatic carbocycles. The number of carbonyl (C=O) groups excluding carboxylic acids is 1. The molecule has 0 unspecified atom stereocenters. The summed E-state index contributed by atoms with van der Waals surface area (Å²) in [6, 6.07) is 5.79. The van der Waals surface area contributed by atoms with Crippen LogP contribution in [0.15, 0.2) is 24.3 Å². The quantitative estimate of drug-likeness (QED) is 0.845. The molecule has 0 aromatic heterocycles. The van der Waals surface area contributed by atoms with Crippen LogP contribution in [-0.2, 0) is 0 Å². The fourth-order valence-electron chi connectivity index (χ4n) is 2.18. The number of Topliss-reactive ketones (excluding diaryl/α,β-unsaturated/α-hetero) is 1. The van der Waals surface area contributed by atoms with Gasteiger partial charge in [0, 0.05) is 38.2 Å². The second-order valence-electron chi connectivity index (χ2n) is 4.63. The molecule has 6 heteroatoms. The van der Waals surface area contributed by atoms with Gasteiger partial charge >= 0.3 is 0 Å². The summed E-state index contributed by atoms with van der Waals surface area (Å²) in [6.07, 6.45) is 1.41. The van der Waals surface area contributed by atoms with Crippen LogP contribution in [0.5, 0.6) is 0 Å². The van der Waals surface area contributed by atoms with Crippen molar-refractivity contribution in [2.75, 3.05) is 32.7 Å². The minimum Gasteiger partial charge on any atom is -0.314 e. The zero-order chi connectivity index (χ0) is 12.8. The zero-order valence-corrected chi connectivity index (χ0v) is 12.9. The number of carbonyl (C=O) groups is 1. The highest BCUT2D eigenvalue weighted by Gasteiger charge is 2.10. The van der Waals surface area contributed by atoms with E-state index in [0.717, 1.165) is 39.1 Å². The number of piperazine rings is 1. The Bertz CT molecular complexity index is 395. The summed E-state index contributed by atoms with van der Waals surface area (Å²) >= 11 is 0. The summed E-state index contributed by atoms with van der Waals surface area (Å²) in [4.78, 5) is 14.2. The van der Waals surface area contributed by atoms with Crippen molar-refractivity contribution in [2.45, 2.75) is 12.8 Å². The van der Waals surface area contributed by atoms with Gasteiger partial charge in [0.1, 0.15) is 5.82 Å². The van der Waals surface area contributed by atoms with E-state index in [4.69, 9.17) is 0 Å². The summed E-state index contributed by atoms with van der Waals surface area (Å²) in [5.41, 5.74) is 0.608. The predicted octanol–water partition coefficient (Wildman–Crippen LogP) is 2.54. The largest absolute Gasteiger partial charge is 0.314 e. The first-order valence-electron chi connectivity index (χ1n) is 6.47. The molecule has 1 aromatic rings. The van der Waals surface area contributed by atoms with Gasteiger partial charge in [-0.05, 0) is 37.2 Å². The number of hydrogen-bond acceptors (Lipinski definition) is 3. The van der Waals surface area contributed by atoms with E-state index in [1.54, 1.807) is 12.1 Å². The first kappa shape index (κ1) is 19.3. The maximum atomic E-state index is 12.7. The van der Waals surface area contributed by atoms with Crippen molar-refractivity contribution >= 4 is 30.6 Å². The number of nitrogens with zero attached hydrogens (tertiary/aromatic N) is 1. The number of rotatable bonds is 5. The fraction of sp³-hybridized carbons (Fsp3) is 0.500. The topological polar surface area (TPSA) is 32.3 Å². The maximum absolute atomic E-state index is 12.7. The molecule has 0 bridgehead atoms. The summed E-state index contributed by atoms with van der Waals surface area (Å²) in [5, 5.41) is 3.30. The lowest BCUT2D eigenvalue weighted by Crippen LogP contribution is -2.43. The summed E-state index contributed by atoms with van der Waals surface area (Å²) < 4.78 is 12.7. The molecule has 3 nitrogen and oxygen atoms in total. The SMILES string of the molecule is Cl.Cl.O=C(CCCN1CCNCC1)c1ccc(F)cc1. The van der Waals surface area contributed by atoms with E-state index < -0.39 is 0 Å². The van der Waals surface area contributed by atoms with Gasteiger partial charge in [-0.25, -0.2) is 4.39 Å². The van der Waals surface area contributed by atoms with Crippen LogP contribution in [0, 0.1) is 5.82 Å². The van der Waals surface area contributed by atoms with E-state index in [2.05, 4.69) is 10.2 Å². The molecule has 1 aliphatic rings. The van der Waals surface area contributed by atoms with Crippen LogP contribution in [0.4, 0.5) is 4.39 Å². The Morgan fingerprint density at radius 3 is 2.35 bits per heavy atom. The number of halogens is 3. The average molecular weight is 323 g/mol. The zero-order valence-electron chi connectivity index (χ0n) is 11.3. The van der Waals surface area contributed by atoms with Crippen LogP contribution >= 0.6 is 24.8 Å². The molecular weight excluding hydrogens is 302 g/mol. The molecule has 0 spiro atoms. The molecule has 1 N–H and O–H groups in total. The highest BCUT2D eigenvalue weighted by Crippen LogP contribution is 2.08. The molecule has 0 saturated carbocycles. The van der Waals surface area contributed by atoms with Gasteiger partial charge in [-0.2, -0.15) is 0 Å². The van der Waals surface area contributed by atoms with Crippen molar-refractivity contribution in [1.29, 1.82) is 0 Å². The highest BCUT2D eigenvalue weighted by atomic mass is 35.5. The van der Waals surface area contributed by atoms with Crippen molar-refractivity contribution in [3.8, 4) is 0 Å². The third kappa shape index (κ3) is 6.18. The Balaban J connectivity index is 0.00000180. The van der Waals surface area contributed by atoms with E-state index in [1.165, 1.54) is 12.1 Å². The summed E-state index contributed by atoms with van der Waals surface area (Å²) in [6.45, 7) is 5.15. The van der Waals surface area contributed by atoms with Gasteiger partial charge in [-0.3, -0.25) is 4.79 Å². The number of nitrogens with one attached hydrogen (secondary N) is 1. The van der Waals surface area contributed by atoms with Crippen LogP contribution < -0.4 is 5.32 Å². The molecule has 2 rings (SSSR count). The molecule has 1 saturated heterocycles. The van der Waals surface area contributed by atoms with E-state index in [0.29, 0.717) is 12.0 Å². The van der Waals surface area contributed by atoms with E-state index in [1.807, 2.05) is 0 Å². The van der Waals surface area contributed by atoms with Gasteiger partial charge < -0.3 is 10.2 Å². The monoisotopic (exact) mass is 322 g/mol. The Hall–Kier alpha value is -0.680.